The van der Waals surface area contributed by atoms with Gasteiger partial charge in [0.25, 0.3) is 0 Å². The van der Waals surface area contributed by atoms with E-state index in [9.17, 15) is 4.79 Å². The van der Waals surface area contributed by atoms with Crippen molar-refractivity contribution in [3.8, 4) is 0 Å². The maximum absolute atomic E-state index is 11.9. The number of piperidine rings is 1. The lowest BCUT2D eigenvalue weighted by molar-refractivity contribution is -0.123. The molecule has 0 radical (unpaired) electrons. The van der Waals surface area contributed by atoms with Crippen molar-refractivity contribution in [1.29, 1.82) is 0 Å². The van der Waals surface area contributed by atoms with Crippen molar-refractivity contribution in [3.05, 3.63) is 0 Å². The molecule has 0 bridgehead atoms. The molecule has 0 aromatic rings. The normalized spacial score (nSPS) is 22.2. The second kappa shape index (κ2) is 9.32. The number of nitrogens with zero attached hydrogens (tertiary/aromatic N) is 1. The van der Waals surface area contributed by atoms with Crippen LogP contribution in [0.4, 0.5) is 0 Å². The van der Waals surface area contributed by atoms with E-state index in [2.05, 4.69) is 36.3 Å². The summed E-state index contributed by atoms with van der Waals surface area (Å²) in [6, 6.07) is 0.979. The van der Waals surface area contributed by atoms with Gasteiger partial charge in [0.05, 0.1) is 6.54 Å². The molecule has 2 N–H and O–H groups in total. The Kier molecular flexibility index (Phi) is 8.07. The van der Waals surface area contributed by atoms with E-state index >= 15 is 0 Å². The standard InChI is InChI=1S/C15H31N3O/c1-4-9-16-13(3)14-8-6-7-11-18(14)12-15(19)17-10-5-2/h13-14,16H,4-12H2,1-3H3,(H,17,19). The van der Waals surface area contributed by atoms with Crippen LogP contribution < -0.4 is 10.6 Å². The molecule has 112 valence electrons. The van der Waals surface area contributed by atoms with Crippen LogP contribution in [-0.2, 0) is 4.79 Å². The van der Waals surface area contributed by atoms with E-state index in [0.29, 0.717) is 18.6 Å². The Morgan fingerprint density at radius 1 is 1.26 bits per heavy atom. The summed E-state index contributed by atoms with van der Waals surface area (Å²) in [6.07, 6.45) is 5.88. The van der Waals surface area contributed by atoms with Crippen LogP contribution in [-0.4, -0.2) is 49.1 Å². The Hall–Kier alpha value is -0.610. The van der Waals surface area contributed by atoms with E-state index < -0.39 is 0 Å². The number of nitrogens with one attached hydrogen (secondary N) is 2. The highest BCUT2D eigenvalue weighted by atomic mass is 16.2. The first kappa shape index (κ1) is 16.4. The van der Waals surface area contributed by atoms with Crippen molar-refractivity contribution in [1.82, 2.24) is 15.5 Å². The Morgan fingerprint density at radius 3 is 2.68 bits per heavy atom. The number of hydrogen-bond acceptors (Lipinski definition) is 3. The minimum atomic E-state index is 0.177. The predicted octanol–water partition coefficient (Wildman–Crippen LogP) is 1.76. The number of carbonyl (C=O) groups is 1. The SMILES string of the molecule is CCCNC(=O)CN1CCCCC1C(C)NCCC. The molecule has 1 aliphatic heterocycles. The Morgan fingerprint density at radius 2 is 2.00 bits per heavy atom. The first-order chi connectivity index (χ1) is 9.19. The minimum Gasteiger partial charge on any atom is -0.355 e. The summed E-state index contributed by atoms with van der Waals surface area (Å²) in [7, 11) is 0. The molecule has 2 unspecified atom stereocenters. The Labute approximate surface area is 118 Å². The summed E-state index contributed by atoms with van der Waals surface area (Å²) in [6.45, 7) is 10.00. The van der Waals surface area contributed by atoms with Gasteiger partial charge in [-0.2, -0.15) is 0 Å². The molecule has 1 rings (SSSR count). The summed E-state index contributed by atoms with van der Waals surface area (Å²) >= 11 is 0. The molecular formula is C15H31N3O. The molecule has 1 saturated heterocycles. The van der Waals surface area contributed by atoms with Gasteiger partial charge in [-0.1, -0.05) is 20.3 Å². The van der Waals surface area contributed by atoms with Gasteiger partial charge in [-0.05, 0) is 45.7 Å². The lowest BCUT2D eigenvalue weighted by Gasteiger charge is -2.39. The fraction of sp³-hybridized carbons (Fsp3) is 0.933. The third kappa shape index (κ3) is 5.91. The van der Waals surface area contributed by atoms with E-state index in [1.54, 1.807) is 0 Å². The summed E-state index contributed by atoms with van der Waals surface area (Å²) in [4.78, 5) is 14.2. The van der Waals surface area contributed by atoms with E-state index in [1.165, 1.54) is 19.3 Å². The van der Waals surface area contributed by atoms with Crippen molar-refractivity contribution < 1.29 is 4.79 Å². The van der Waals surface area contributed by atoms with Crippen molar-refractivity contribution in [2.45, 2.75) is 65.0 Å². The predicted molar refractivity (Wildman–Crippen MR) is 80.3 cm³/mol. The van der Waals surface area contributed by atoms with Crippen LogP contribution in [0.5, 0.6) is 0 Å². The highest BCUT2D eigenvalue weighted by molar-refractivity contribution is 5.78. The average molecular weight is 269 g/mol. The van der Waals surface area contributed by atoms with Gasteiger partial charge in [-0.25, -0.2) is 0 Å². The molecule has 0 spiro atoms. The maximum Gasteiger partial charge on any atom is 0.234 e. The first-order valence-electron chi connectivity index (χ1n) is 7.93. The Bertz CT molecular complexity index is 258. The summed E-state index contributed by atoms with van der Waals surface area (Å²) in [5, 5.41) is 6.56. The summed E-state index contributed by atoms with van der Waals surface area (Å²) in [5.74, 6) is 0.177. The van der Waals surface area contributed by atoms with Crippen molar-refractivity contribution in [3.63, 3.8) is 0 Å². The van der Waals surface area contributed by atoms with Crippen LogP contribution in [0.15, 0.2) is 0 Å². The number of amides is 1. The highest BCUT2D eigenvalue weighted by Gasteiger charge is 2.28. The molecular weight excluding hydrogens is 238 g/mol. The van der Waals surface area contributed by atoms with Crippen molar-refractivity contribution in [2.75, 3.05) is 26.2 Å². The van der Waals surface area contributed by atoms with Gasteiger partial charge in [0, 0.05) is 18.6 Å². The molecule has 0 aromatic carbocycles. The van der Waals surface area contributed by atoms with Gasteiger partial charge in [-0.15, -0.1) is 0 Å². The molecule has 1 amide bonds. The van der Waals surface area contributed by atoms with Gasteiger partial charge >= 0.3 is 0 Å². The van der Waals surface area contributed by atoms with Crippen molar-refractivity contribution >= 4 is 5.91 Å². The maximum atomic E-state index is 11.9. The minimum absolute atomic E-state index is 0.177. The third-order valence-corrected chi connectivity index (χ3v) is 3.88. The Balaban J connectivity index is 2.44. The highest BCUT2D eigenvalue weighted by Crippen LogP contribution is 2.19. The van der Waals surface area contributed by atoms with Crippen LogP contribution >= 0.6 is 0 Å². The molecule has 1 heterocycles. The zero-order chi connectivity index (χ0) is 14.1. The number of likely N-dealkylation sites (tertiary alicyclic amines) is 1. The molecule has 0 saturated carbocycles. The van der Waals surface area contributed by atoms with Crippen LogP contribution in [0.1, 0.15) is 52.9 Å². The smallest absolute Gasteiger partial charge is 0.234 e. The van der Waals surface area contributed by atoms with Gasteiger partial charge in [-0.3, -0.25) is 9.69 Å². The largest absolute Gasteiger partial charge is 0.355 e. The van der Waals surface area contributed by atoms with Crippen molar-refractivity contribution in [2.24, 2.45) is 0 Å². The van der Waals surface area contributed by atoms with Gasteiger partial charge < -0.3 is 10.6 Å². The van der Waals surface area contributed by atoms with E-state index in [1.807, 2.05) is 0 Å². The number of carbonyl (C=O) groups excluding carboxylic acids is 1. The van der Waals surface area contributed by atoms with Crippen LogP contribution in [0.25, 0.3) is 0 Å². The molecule has 19 heavy (non-hydrogen) atoms. The van der Waals surface area contributed by atoms with E-state index in [-0.39, 0.29) is 5.91 Å². The van der Waals surface area contributed by atoms with E-state index in [4.69, 9.17) is 0 Å². The fourth-order valence-corrected chi connectivity index (χ4v) is 2.79. The second-order valence-electron chi connectivity index (χ2n) is 5.63. The fourth-order valence-electron chi connectivity index (χ4n) is 2.79. The van der Waals surface area contributed by atoms with Gasteiger partial charge in [0.1, 0.15) is 0 Å². The summed E-state index contributed by atoms with van der Waals surface area (Å²) in [5.41, 5.74) is 0. The average Bonchev–Trinajstić information content (AvgIpc) is 2.43. The topological polar surface area (TPSA) is 44.4 Å². The van der Waals surface area contributed by atoms with Crippen LogP contribution in [0.3, 0.4) is 0 Å². The zero-order valence-corrected chi connectivity index (χ0v) is 12.9. The lowest BCUT2D eigenvalue weighted by atomic mass is 9.96. The molecule has 4 heteroatoms. The molecule has 0 aliphatic carbocycles. The molecule has 0 aromatic heterocycles. The second-order valence-corrected chi connectivity index (χ2v) is 5.63. The lowest BCUT2D eigenvalue weighted by Crippen LogP contribution is -2.53. The van der Waals surface area contributed by atoms with E-state index in [0.717, 1.165) is 32.5 Å². The summed E-state index contributed by atoms with van der Waals surface area (Å²) < 4.78 is 0. The zero-order valence-electron chi connectivity index (χ0n) is 12.9. The first-order valence-corrected chi connectivity index (χ1v) is 7.93. The van der Waals surface area contributed by atoms with Crippen LogP contribution in [0, 0.1) is 0 Å². The third-order valence-electron chi connectivity index (χ3n) is 3.88. The van der Waals surface area contributed by atoms with Crippen LogP contribution in [0.2, 0.25) is 0 Å². The number of hydrogen-bond donors (Lipinski definition) is 2. The molecule has 4 nitrogen and oxygen atoms in total. The molecule has 2 atom stereocenters. The molecule has 1 aliphatic rings. The van der Waals surface area contributed by atoms with Gasteiger partial charge in [0.15, 0.2) is 0 Å². The number of rotatable bonds is 8. The monoisotopic (exact) mass is 269 g/mol. The molecule has 1 fully saturated rings. The quantitative estimate of drug-likeness (QED) is 0.706. The van der Waals surface area contributed by atoms with Gasteiger partial charge in [0.2, 0.25) is 5.91 Å².